The average molecular weight is 605 g/mol. The maximum atomic E-state index is 8.75. The summed E-state index contributed by atoms with van der Waals surface area (Å²) in [5.74, 6) is 0.492. The number of hydrogen-bond acceptors (Lipinski definition) is 2. The molecule has 0 aliphatic carbocycles. The van der Waals surface area contributed by atoms with E-state index >= 15 is 0 Å². The van der Waals surface area contributed by atoms with Crippen molar-refractivity contribution in [1.29, 1.82) is 0 Å². The second kappa shape index (κ2) is 11.2. The van der Waals surface area contributed by atoms with Gasteiger partial charge in [0.2, 0.25) is 0 Å². The summed E-state index contributed by atoms with van der Waals surface area (Å²) in [6.07, 6.45) is 3.66. The van der Waals surface area contributed by atoms with E-state index in [1.807, 2.05) is 48.7 Å². The monoisotopic (exact) mass is 604 g/mol. The molecule has 2 aromatic heterocycles. The number of benzene rings is 7. The minimum Gasteiger partial charge on any atom is -0.292 e. The first-order valence-corrected chi connectivity index (χ1v) is 15.5. The summed E-state index contributed by atoms with van der Waals surface area (Å²) in [7, 11) is 0. The SMILES string of the molecule is [2H]c1c([2H])c([2H])c(-n2c(-c3ccc(-c4c5ccccc5c(-c5ccc(-c6cccnc6)cc5)c5ccccc45)cc3)nc3ccccc32)c([2H])c1[2H]. The molecule has 0 aliphatic rings. The van der Waals surface area contributed by atoms with E-state index in [4.69, 9.17) is 11.8 Å². The minimum atomic E-state index is -0.429. The lowest BCUT2D eigenvalue weighted by molar-refractivity contribution is 1.10. The molecular formula is C44H29N3. The summed E-state index contributed by atoms with van der Waals surface area (Å²) in [5, 5.41) is 4.56. The topological polar surface area (TPSA) is 30.7 Å². The number of fused-ring (bicyclic) bond motifs is 3. The molecule has 47 heavy (non-hydrogen) atoms. The van der Waals surface area contributed by atoms with Crippen LogP contribution in [-0.4, -0.2) is 14.5 Å². The van der Waals surface area contributed by atoms with Gasteiger partial charge in [0.25, 0.3) is 0 Å². The smallest absolute Gasteiger partial charge is 0.145 e. The van der Waals surface area contributed by atoms with E-state index in [0.717, 1.165) is 54.9 Å². The predicted octanol–water partition coefficient (Wildman–Crippen LogP) is 11.4. The Kier molecular flexibility index (Phi) is 5.32. The van der Waals surface area contributed by atoms with Gasteiger partial charge >= 0.3 is 0 Å². The van der Waals surface area contributed by atoms with Crippen LogP contribution in [0.3, 0.4) is 0 Å². The number of rotatable bonds is 5. The number of hydrogen-bond donors (Lipinski definition) is 0. The third kappa shape index (κ3) is 4.60. The number of pyridine rings is 1. The molecular weight excluding hydrogens is 571 g/mol. The first-order valence-electron chi connectivity index (χ1n) is 18.0. The van der Waals surface area contributed by atoms with Gasteiger partial charge in [-0.25, -0.2) is 4.98 Å². The van der Waals surface area contributed by atoms with Gasteiger partial charge in [-0.1, -0.05) is 133 Å². The Morgan fingerprint density at radius 2 is 1.00 bits per heavy atom. The van der Waals surface area contributed by atoms with Crippen molar-refractivity contribution in [2.45, 2.75) is 0 Å². The molecule has 0 aliphatic heterocycles. The predicted molar refractivity (Wildman–Crippen MR) is 196 cm³/mol. The summed E-state index contributed by atoms with van der Waals surface area (Å²) in [4.78, 5) is 9.21. The molecule has 3 heteroatoms. The van der Waals surface area contributed by atoms with Crippen molar-refractivity contribution in [3.63, 3.8) is 0 Å². The average Bonchev–Trinajstić information content (AvgIpc) is 3.58. The Morgan fingerprint density at radius 1 is 0.468 bits per heavy atom. The van der Waals surface area contributed by atoms with Crippen molar-refractivity contribution >= 4 is 32.6 Å². The first kappa shape index (κ1) is 22.2. The lowest BCUT2D eigenvalue weighted by Gasteiger charge is -2.18. The van der Waals surface area contributed by atoms with Gasteiger partial charge in [-0.2, -0.15) is 0 Å². The van der Waals surface area contributed by atoms with E-state index in [2.05, 4.69) is 96.0 Å². The van der Waals surface area contributed by atoms with E-state index in [0.29, 0.717) is 16.9 Å². The third-order valence-corrected chi connectivity index (χ3v) is 8.80. The van der Waals surface area contributed by atoms with Crippen molar-refractivity contribution in [2.24, 2.45) is 0 Å². The Morgan fingerprint density at radius 3 is 1.57 bits per heavy atom. The molecule has 0 amide bonds. The summed E-state index contributed by atoms with van der Waals surface area (Å²) in [6.45, 7) is 0. The lowest BCUT2D eigenvalue weighted by Crippen LogP contribution is -1.97. The van der Waals surface area contributed by atoms with Gasteiger partial charge < -0.3 is 0 Å². The Balaban J connectivity index is 1.21. The maximum absolute atomic E-state index is 8.75. The van der Waals surface area contributed by atoms with Crippen LogP contribution < -0.4 is 0 Å². The van der Waals surface area contributed by atoms with Crippen molar-refractivity contribution in [2.75, 3.05) is 0 Å². The van der Waals surface area contributed by atoms with Gasteiger partial charge in [0, 0.05) is 23.6 Å². The van der Waals surface area contributed by atoms with Crippen molar-refractivity contribution in [1.82, 2.24) is 14.5 Å². The van der Waals surface area contributed by atoms with Gasteiger partial charge in [0.05, 0.1) is 17.9 Å². The summed E-state index contributed by atoms with van der Waals surface area (Å²) in [5.41, 5.74) is 8.78. The van der Waals surface area contributed by atoms with Crippen LogP contribution in [0.5, 0.6) is 0 Å². The molecule has 0 atom stereocenters. The van der Waals surface area contributed by atoms with Crippen molar-refractivity contribution < 1.29 is 6.85 Å². The highest BCUT2D eigenvalue weighted by Crippen LogP contribution is 2.44. The molecule has 0 spiro atoms. The highest BCUT2D eigenvalue weighted by atomic mass is 15.1. The zero-order valence-corrected chi connectivity index (χ0v) is 25.2. The van der Waals surface area contributed by atoms with Crippen LogP contribution in [0.1, 0.15) is 6.85 Å². The summed E-state index contributed by atoms with van der Waals surface area (Å²) in [6, 6.07) is 43.6. The van der Waals surface area contributed by atoms with E-state index in [-0.39, 0.29) is 29.9 Å². The Labute approximate surface area is 280 Å². The first-order chi connectivity index (χ1) is 25.4. The number of nitrogens with zero attached hydrogens (tertiary/aromatic N) is 3. The van der Waals surface area contributed by atoms with E-state index < -0.39 is 6.04 Å². The number of para-hydroxylation sites is 3. The quantitative estimate of drug-likeness (QED) is 0.183. The van der Waals surface area contributed by atoms with Crippen LogP contribution in [0.25, 0.3) is 83.0 Å². The van der Waals surface area contributed by atoms with Gasteiger partial charge in [-0.15, -0.1) is 0 Å². The Hall–Kier alpha value is -6.32. The van der Waals surface area contributed by atoms with Gasteiger partial charge in [0.15, 0.2) is 0 Å². The fourth-order valence-corrected chi connectivity index (χ4v) is 6.70. The lowest BCUT2D eigenvalue weighted by atomic mass is 9.85. The largest absolute Gasteiger partial charge is 0.292 e. The maximum Gasteiger partial charge on any atom is 0.145 e. The van der Waals surface area contributed by atoms with E-state index in [1.54, 1.807) is 10.8 Å². The fourth-order valence-electron chi connectivity index (χ4n) is 6.70. The molecule has 3 nitrogen and oxygen atoms in total. The van der Waals surface area contributed by atoms with Crippen LogP contribution in [0, 0.1) is 0 Å². The molecule has 7 aromatic carbocycles. The zero-order chi connectivity index (χ0) is 35.5. The molecule has 0 radical (unpaired) electrons. The molecule has 0 bridgehead atoms. The molecule has 9 aromatic rings. The highest BCUT2D eigenvalue weighted by Gasteiger charge is 2.18. The molecule has 9 rings (SSSR count). The van der Waals surface area contributed by atoms with Crippen LogP contribution >= 0.6 is 0 Å². The molecule has 0 fully saturated rings. The summed E-state index contributed by atoms with van der Waals surface area (Å²) >= 11 is 0. The Bertz CT molecular complexity index is 2740. The number of imidazole rings is 1. The molecule has 0 unspecified atom stereocenters. The standard InChI is InChI=1S/C44H29N3/c1-2-12-35(13-3-1)47-41-19-9-8-18-40(41)46-44(47)33-26-24-32(25-27-33)43-38-16-6-4-14-36(38)42(37-15-5-7-17-39(37)43)31-22-20-30(21-23-31)34-11-10-28-45-29-34/h1-29H/i1D,2D,3D,12D,13D. The van der Waals surface area contributed by atoms with Crippen LogP contribution in [0.2, 0.25) is 0 Å². The number of aromatic nitrogens is 3. The molecule has 2 heterocycles. The minimum absolute atomic E-state index is 0.0693. The molecule has 220 valence electrons. The van der Waals surface area contributed by atoms with Crippen molar-refractivity contribution in [3.05, 3.63) is 176 Å². The molecule has 0 N–H and O–H groups in total. The van der Waals surface area contributed by atoms with Crippen LogP contribution in [-0.2, 0) is 0 Å². The third-order valence-electron chi connectivity index (χ3n) is 8.80. The van der Waals surface area contributed by atoms with Crippen molar-refractivity contribution in [3.8, 4) is 50.5 Å². The zero-order valence-electron chi connectivity index (χ0n) is 30.2. The van der Waals surface area contributed by atoms with Gasteiger partial charge in [-0.05, 0) is 85.2 Å². The molecule has 0 saturated heterocycles. The highest BCUT2D eigenvalue weighted by molar-refractivity contribution is 6.21. The van der Waals surface area contributed by atoms with Crippen LogP contribution in [0.4, 0.5) is 0 Å². The molecule has 0 saturated carbocycles. The normalized spacial score (nSPS) is 12.9. The fraction of sp³-hybridized carbons (Fsp3) is 0. The van der Waals surface area contributed by atoms with Gasteiger partial charge in [0.1, 0.15) is 5.82 Å². The van der Waals surface area contributed by atoms with E-state index in [9.17, 15) is 0 Å². The van der Waals surface area contributed by atoms with Crippen LogP contribution in [0.15, 0.2) is 176 Å². The second-order valence-electron chi connectivity index (χ2n) is 11.5. The van der Waals surface area contributed by atoms with Gasteiger partial charge in [-0.3, -0.25) is 9.55 Å². The summed E-state index contributed by atoms with van der Waals surface area (Å²) < 4.78 is 44.0. The second-order valence-corrected chi connectivity index (χ2v) is 11.5. The van der Waals surface area contributed by atoms with E-state index in [1.165, 1.54) is 5.56 Å².